The number of para-hydroxylation sites is 1. The van der Waals surface area contributed by atoms with Gasteiger partial charge in [-0.3, -0.25) is 4.79 Å². The molecule has 1 atom stereocenters. The van der Waals surface area contributed by atoms with Crippen LogP contribution in [0.5, 0.6) is 6.01 Å². The summed E-state index contributed by atoms with van der Waals surface area (Å²) in [5.74, 6) is 0.136. The van der Waals surface area contributed by atoms with Crippen molar-refractivity contribution in [3.63, 3.8) is 0 Å². The molecule has 1 aromatic carbocycles. The minimum atomic E-state index is -0.0427. The van der Waals surface area contributed by atoms with E-state index in [4.69, 9.17) is 4.74 Å². The molecule has 0 aliphatic carbocycles. The molecule has 1 aliphatic rings. The quantitative estimate of drug-likeness (QED) is 0.733. The van der Waals surface area contributed by atoms with Crippen molar-refractivity contribution in [1.29, 1.82) is 0 Å². The third kappa shape index (κ3) is 3.20. The standard InChI is InChI=1S/C19H20N4O2/c1-22-12-14(16-5-2-3-6-17(16)22)11-18(24)23-10-7-15(13-23)25-19-20-8-4-9-21-19/h2-6,8-9,12,15H,7,10-11,13H2,1H3. The van der Waals surface area contributed by atoms with E-state index < -0.39 is 0 Å². The van der Waals surface area contributed by atoms with Crippen molar-refractivity contribution in [2.75, 3.05) is 13.1 Å². The average Bonchev–Trinajstić information content (AvgIpc) is 3.22. The Kier molecular flexibility index (Phi) is 4.09. The number of hydrogen-bond acceptors (Lipinski definition) is 4. The monoisotopic (exact) mass is 336 g/mol. The fraction of sp³-hybridized carbons (Fsp3) is 0.316. The Bertz CT molecular complexity index is 891. The first-order valence-corrected chi connectivity index (χ1v) is 8.45. The van der Waals surface area contributed by atoms with Crippen LogP contribution in [0.1, 0.15) is 12.0 Å². The third-order valence-corrected chi connectivity index (χ3v) is 4.63. The Balaban J connectivity index is 1.42. The lowest BCUT2D eigenvalue weighted by molar-refractivity contribution is -0.129. The molecule has 3 aromatic rings. The van der Waals surface area contributed by atoms with Gasteiger partial charge in [0, 0.05) is 49.5 Å². The molecular formula is C19H20N4O2. The zero-order chi connectivity index (χ0) is 17.2. The third-order valence-electron chi connectivity index (χ3n) is 4.63. The number of benzene rings is 1. The summed E-state index contributed by atoms with van der Waals surface area (Å²) >= 11 is 0. The molecule has 0 saturated carbocycles. The number of amides is 1. The van der Waals surface area contributed by atoms with Gasteiger partial charge in [0.05, 0.1) is 13.0 Å². The number of ether oxygens (including phenoxy) is 1. The minimum absolute atomic E-state index is 0.0427. The molecule has 1 saturated heterocycles. The number of carbonyl (C=O) groups is 1. The molecule has 6 nitrogen and oxygen atoms in total. The van der Waals surface area contributed by atoms with Crippen LogP contribution in [0.3, 0.4) is 0 Å². The molecule has 4 rings (SSSR count). The molecule has 25 heavy (non-hydrogen) atoms. The Morgan fingerprint density at radius 3 is 2.88 bits per heavy atom. The number of nitrogens with zero attached hydrogens (tertiary/aromatic N) is 4. The summed E-state index contributed by atoms with van der Waals surface area (Å²) in [5.41, 5.74) is 2.22. The average molecular weight is 336 g/mol. The Hall–Kier alpha value is -2.89. The molecule has 0 radical (unpaired) electrons. The number of rotatable bonds is 4. The number of fused-ring (bicyclic) bond motifs is 1. The molecule has 6 heteroatoms. The molecule has 0 spiro atoms. The molecule has 1 amide bonds. The van der Waals surface area contributed by atoms with Gasteiger partial charge in [0.2, 0.25) is 5.91 Å². The highest BCUT2D eigenvalue weighted by Gasteiger charge is 2.28. The number of likely N-dealkylation sites (tertiary alicyclic amines) is 1. The van der Waals surface area contributed by atoms with Gasteiger partial charge in [-0.15, -0.1) is 0 Å². The van der Waals surface area contributed by atoms with Crippen molar-refractivity contribution in [3.8, 4) is 6.01 Å². The van der Waals surface area contributed by atoms with E-state index >= 15 is 0 Å². The van der Waals surface area contributed by atoms with Crippen LogP contribution in [0, 0.1) is 0 Å². The number of hydrogen-bond donors (Lipinski definition) is 0. The first-order valence-electron chi connectivity index (χ1n) is 8.45. The summed E-state index contributed by atoms with van der Waals surface area (Å²) in [6, 6.07) is 10.3. The van der Waals surface area contributed by atoms with Gasteiger partial charge in [0.25, 0.3) is 0 Å². The van der Waals surface area contributed by atoms with Crippen molar-refractivity contribution in [3.05, 3.63) is 54.5 Å². The first kappa shape index (κ1) is 15.6. The number of aryl methyl sites for hydroxylation is 1. The molecular weight excluding hydrogens is 316 g/mol. The molecule has 0 bridgehead atoms. The molecule has 0 N–H and O–H groups in total. The normalized spacial score (nSPS) is 17.2. The predicted octanol–water partition coefficient (Wildman–Crippen LogP) is 2.19. The van der Waals surface area contributed by atoms with Crippen LogP contribution in [0.2, 0.25) is 0 Å². The minimum Gasteiger partial charge on any atom is -0.458 e. The summed E-state index contributed by atoms with van der Waals surface area (Å²) < 4.78 is 7.83. The Labute approximate surface area is 146 Å². The van der Waals surface area contributed by atoms with Crippen molar-refractivity contribution in [1.82, 2.24) is 19.4 Å². The van der Waals surface area contributed by atoms with Crippen molar-refractivity contribution < 1.29 is 9.53 Å². The molecule has 1 unspecified atom stereocenters. The van der Waals surface area contributed by atoms with E-state index in [-0.39, 0.29) is 12.0 Å². The van der Waals surface area contributed by atoms with Gasteiger partial charge >= 0.3 is 6.01 Å². The topological polar surface area (TPSA) is 60.2 Å². The van der Waals surface area contributed by atoms with Crippen molar-refractivity contribution in [2.24, 2.45) is 7.05 Å². The van der Waals surface area contributed by atoms with Gasteiger partial charge < -0.3 is 14.2 Å². The first-order chi connectivity index (χ1) is 12.2. The van der Waals surface area contributed by atoms with E-state index in [1.807, 2.05) is 30.3 Å². The maximum Gasteiger partial charge on any atom is 0.316 e. The second-order valence-electron chi connectivity index (χ2n) is 6.36. The van der Waals surface area contributed by atoms with Crippen molar-refractivity contribution >= 4 is 16.8 Å². The molecule has 3 heterocycles. The van der Waals surface area contributed by atoms with Gasteiger partial charge in [-0.2, -0.15) is 0 Å². The van der Waals surface area contributed by atoms with E-state index in [0.29, 0.717) is 25.5 Å². The summed E-state index contributed by atoms with van der Waals surface area (Å²) in [5, 5.41) is 1.14. The molecule has 1 aliphatic heterocycles. The van der Waals surface area contributed by atoms with Gasteiger partial charge in [0.15, 0.2) is 0 Å². The number of carbonyl (C=O) groups excluding carboxylic acids is 1. The lowest BCUT2D eigenvalue weighted by Gasteiger charge is -2.16. The highest BCUT2D eigenvalue weighted by atomic mass is 16.5. The maximum atomic E-state index is 12.7. The van der Waals surface area contributed by atoms with E-state index in [9.17, 15) is 4.79 Å². The smallest absolute Gasteiger partial charge is 0.316 e. The zero-order valence-electron chi connectivity index (χ0n) is 14.1. The van der Waals surface area contributed by atoms with Crippen molar-refractivity contribution in [2.45, 2.75) is 18.9 Å². The second-order valence-corrected chi connectivity index (χ2v) is 6.36. The van der Waals surface area contributed by atoms with E-state index in [2.05, 4.69) is 26.7 Å². The predicted molar refractivity (Wildman–Crippen MR) is 94.3 cm³/mol. The summed E-state index contributed by atoms with van der Waals surface area (Å²) in [7, 11) is 2.01. The van der Waals surface area contributed by atoms with Crippen LogP contribution in [-0.2, 0) is 18.3 Å². The maximum absolute atomic E-state index is 12.7. The fourth-order valence-electron chi connectivity index (χ4n) is 3.39. The highest BCUT2D eigenvalue weighted by molar-refractivity contribution is 5.89. The largest absolute Gasteiger partial charge is 0.458 e. The zero-order valence-corrected chi connectivity index (χ0v) is 14.1. The van der Waals surface area contributed by atoms with Crippen LogP contribution in [0.4, 0.5) is 0 Å². The molecule has 2 aromatic heterocycles. The SMILES string of the molecule is Cn1cc(CC(=O)N2CCC(Oc3ncccn3)C2)c2ccccc21. The lowest BCUT2D eigenvalue weighted by atomic mass is 10.1. The highest BCUT2D eigenvalue weighted by Crippen LogP contribution is 2.22. The number of aromatic nitrogens is 3. The van der Waals surface area contributed by atoms with Crippen LogP contribution in [-0.4, -0.2) is 44.5 Å². The summed E-state index contributed by atoms with van der Waals surface area (Å²) in [6.07, 6.45) is 6.53. The summed E-state index contributed by atoms with van der Waals surface area (Å²) in [4.78, 5) is 22.7. The fourth-order valence-corrected chi connectivity index (χ4v) is 3.39. The van der Waals surface area contributed by atoms with Crippen LogP contribution < -0.4 is 4.74 Å². The van der Waals surface area contributed by atoms with Gasteiger partial charge in [-0.1, -0.05) is 18.2 Å². The second kappa shape index (κ2) is 6.55. The van der Waals surface area contributed by atoms with Gasteiger partial charge in [-0.25, -0.2) is 9.97 Å². The van der Waals surface area contributed by atoms with Gasteiger partial charge in [-0.05, 0) is 17.7 Å². The Morgan fingerprint density at radius 1 is 1.24 bits per heavy atom. The van der Waals surface area contributed by atoms with Gasteiger partial charge in [0.1, 0.15) is 6.10 Å². The van der Waals surface area contributed by atoms with E-state index in [1.54, 1.807) is 18.5 Å². The molecule has 1 fully saturated rings. The Morgan fingerprint density at radius 2 is 2.04 bits per heavy atom. The lowest BCUT2D eigenvalue weighted by Crippen LogP contribution is -2.32. The van der Waals surface area contributed by atoms with E-state index in [1.165, 1.54) is 0 Å². The van der Waals surface area contributed by atoms with Crippen LogP contribution >= 0.6 is 0 Å². The summed E-state index contributed by atoms with van der Waals surface area (Å²) in [6.45, 7) is 1.29. The van der Waals surface area contributed by atoms with E-state index in [0.717, 1.165) is 22.9 Å². The van der Waals surface area contributed by atoms with Crippen LogP contribution in [0.25, 0.3) is 10.9 Å². The molecule has 128 valence electrons. The van der Waals surface area contributed by atoms with Crippen LogP contribution in [0.15, 0.2) is 48.9 Å².